The average Bonchev–Trinajstić information content (AvgIpc) is 3.17. The average molecular weight is 417 g/mol. The summed E-state index contributed by atoms with van der Waals surface area (Å²) in [5.74, 6) is 0.229. The van der Waals surface area contributed by atoms with Crippen LogP contribution in [0.1, 0.15) is 18.4 Å². The molecule has 152 valence electrons. The van der Waals surface area contributed by atoms with E-state index in [1.807, 2.05) is 40.1 Å². The maximum atomic E-state index is 12.5. The first kappa shape index (κ1) is 23.7. The van der Waals surface area contributed by atoms with E-state index < -0.39 is 6.04 Å². The molecule has 1 atom stereocenters. The van der Waals surface area contributed by atoms with Gasteiger partial charge in [-0.1, -0.05) is 30.3 Å². The normalized spacial score (nSPS) is 18.4. The molecule has 0 saturated carbocycles. The van der Waals surface area contributed by atoms with Crippen LogP contribution in [0.4, 0.5) is 0 Å². The molecular weight excluding hydrogens is 387 g/mol. The van der Waals surface area contributed by atoms with Crippen LogP contribution < -0.4 is 5.73 Å². The van der Waals surface area contributed by atoms with Crippen LogP contribution in [-0.2, 0) is 16.0 Å². The summed E-state index contributed by atoms with van der Waals surface area (Å²) in [6.07, 6.45) is 2.80. The number of likely N-dealkylation sites (tertiary alicyclic amines) is 1. The number of piperazine rings is 1. The number of rotatable bonds is 5. The fourth-order valence-corrected chi connectivity index (χ4v) is 3.57. The highest BCUT2D eigenvalue weighted by Crippen LogP contribution is 2.10. The van der Waals surface area contributed by atoms with Gasteiger partial charge in [0.25, 0.3) is 0 Å². The second kappa shape index (κ2) is 11.5. The molecule has 2 amide bonds. The Kier molecular flexibility index (Phi) is 10.1. The molecule has 0 spiro atoms. The van der Waals surface area contributed by atoms with Gasteiger partial charge in [-0.15, -0.1) is 24.8 Å². The number of nitrogens with zero attached hydrogens (tertiary/aromatic N) is 3. The number of benzene rings is 1. The van der Waals surface area contributed by atoms with Crippen molar-refractivity contribution in [2.24, 2.45) is 5.73 Å². The summed E-state index contributed by atoms with van der Waals surface area (Å²) in [5.41, 5.74) is 7.19. The summed E-state index contributed by atoms with van der Waals surface area (Å²) in [5, 5.41) is 0. The van der Waals surface area contributed by atoms with Crippen molar-refractivity contribution >= 4 is 36.6 Å². The lowest BCUT2D eigenvalue weighted by Gasteiger charge is -2.36. The molecule has 1 aromatic carbocycles. The van der Waals surface area contributed by atoms with Gasteiger partial charge in [-0.05, 0) is 24.8 Å². The summed E-state index contributed by atoms with van der Waals surface area (Å²) in [4.78, 5) is 30.7. The van der Waals surface area contributed by atoms with E-state index in [0.29, 0.717) is 26.1 Å². The SMILES string of the molecule is Cl.Cl.NC(Cc1ccccc1)C(=O)N1CCN(CC(=O)N2CCCC2)CC1. The Morgan fingerprint density at radius 1 is 0.889 bits per heavy atom. The van der Waals surface area contributed by atoms with Gasteiger partial charge in [0, 0.05) is 39.3 Å². The van der Waals surface area contributed by atoms with Gasteiger partial charge in [0.05, 0.1) is 12.6 Å². The van der Waals surface area contributed by atoms with E-state index in [1.54, 1.807) is 0 Å². The summed E-state index contributed by atoms with van der Waals surface area (Å²) in [6, 6.07) is 9.37. The maximum absolute atomic E-state index is 12.5. The van der Waals surface area contributed by atoms with Gasteiger partial charge < -0.3 is 15.5 Å². The molecular formula is C19H30Cl2N4O2. The third-order valence-corrected chi connectivity index (χ3v) is 5.12. The molecule has 0 bridgehead atoms. The minimum absolute atomic E-state index is 0. The van der Waals surface area contributed by atoms with Crippen molar-refractivity contribution in [2.75, 3.05) is 45.8 Å². The van der Waals surface area contributed by atoms with Crippen molar-refractivity contribution < 1.29 is 9.59 Å². The van der Waals surface area contributed by atoms with Crippen LogP contribution in [0.15, 0.2) is 30.3 Å². The van der Waals surface area contributed by atoms with Crippen molar-refractivity contribution in [1.82, 2.24) is 14.7 Å². The summed E-state index contributed by atoms with van der Waals surface area (Å²) in [7, 11) is 0. The molecule has 2 fully saturated rings. The predicted octanol–water partition coefficient (Wildman–Crippen LogP) is 1.17. The highest BCUT2D eigenvalue weighted by molar-refractivity contribution is 5.85. The van der Waals surface area contributed by atoms with Crippen LogP contribution in [0.25, 0.3) is 0 Å². The van der Waals surface area contributed by atoms with Crippen LogP contribution in [0.2, 0.25) is 0 Å². The Morgan fingerprint density at radius 3 is 2.07 bits per heavy atom. The van der Waals surface area contributed by atoms with Crippen LogP contribution in [-0.4, -0.2) is 78.4 Å². The Balaban J connectivity index is 0.00000182. The molecule has 2 heterocycles. The highest BCUT2D eigenvalue weighted by atomic mass is 35.5. The van der Waals surface area contributed by atoms with Gasteiger partial charge in [0.15, 0.2) is 0 Å². The number of nitrogens with two attached hydrogens (primary N) is 1. The molecule has 1 unspecified atom stereocenters. The van der Waals surface area contributed by atoms with Crippen molar-refractivity contribution in [3.63, 3.8) is 0 Å². The molecule has 8 heteroatoms. The summed E-state index contributed by atoms with van der Waals surface area (Å²) >= 11 is 0. The standard InChI is InChI=1S/C19H28N4O2.2ClH/c20-17(14-16-6-2-1-3-7-16)19(25)23-12-10-21(11-13-23)15-18(24)22-8-4-5-9-22;;/h1-3,6-7,17H,4-5,8-15,20H2;2*1H. The lowest BCUT2D eigenvalue weighted by molar-refractivity contribution is -0.135. The lowest BCUT2D eigenvalue weighted by atomic mass is 10.1. The van der Waals surface area contributed by atoms with E-state index in [4.69, 9.17) is 5.73 Å². The number of hydrogen-bond acceptors (Lipinski definition) is 4. The van der Waals surface area contributed by atoms with Crippen molar-refractivity contribution in [3.05, 3.63) is 35.9 Å². The lowest BCUT2D eigenvalue weighted by Crippen LogP contribution is -2.55. The molecule has 0 radical (unpaired) electrons. The molecule has 1 aromatic rings. The molecule has 6 nitrogen and oxygen atoms in total. The fraction of sp³-hybridized carbons (Fsp3) is 0.579. The van der Waals surface area contributed by atoms with Crippen LogP contribution in [0.3, 0.4) is 0 Å². The zero-order chi connectivity index (χ0) is 17.6. The molecule has 0 aromatic heterocycles. The van der Waals surface area contributed by atoms with Gasteiger partial charge in [0.2, 0.25) is 11.8 Å². The second-order valence-electron chi connectivity index (χ2n) is 6.99. The largest absolute Gasteiger partial charge is 0.342 e. The van der Waals surface area contributed by atoms with Crippen molar-refractivity contribution in [2.45, 2.75) is 25.3 Å². The summed E-state index contributed by atoms with van der Waals surface area (Å²) < 4.78 is 0. The van der Waals surface area contributed by atoms with Gasteiger partial charge in [-0.25, -0.2) is 0 Å². The molecule has 2 N–H and O–H groups in total. The zero-order valence-corrected chi connectivity index (χ0v) is 17.2. The Hall–Kier alpha value is -1.34. The fourth-order valence-electron chi connectivity index (χ4n) is 3.57. The minimum atomic E-state index is -0.500. The smallest absolute Gasteiger partial charge is 0.239 e. The number of amides is 2. The first-order valence-corrected chi connectivity index (χ1v) is 9.22. The molecule has 27 heavy (non-hydrogen) atoms. The number of carbonyl (C=O) groups is 2. The van der Waals surface area contributed by atoms with E-state index in [9.17, 15) is 9.59 Å². The van der Waals surface area contributed by atoms with Crippen LogP contribution in [0.5, 0.6) is 0 Å². The van der Waals surface area contributed by atoms with Crippen LogP contribution >= 0.6 is 24.8 Å². The molecule has 3 rings (SSSR count). The molecule has 2 aliphatic heterocycles. The van der Waals surface area contributed by atoms with E-state index in [1.165, 1.54) is 0 Å². The third-order valence-electron chi connectivity index (χ3n) is 5.12. The monoisotopic (exact) mass is 416 g/mol. The Morgan fingerprint density at radius 2 is 1.48 bits per heavy atom. The van der Waals surface area contributed by atoms with E-state index >= 15 is 0 Å². The van der Waals surface area contributed by atoms with E-state index in [0.717, 1.165) is 44.6 Å². The number of carbonyl (C=O) groups excluding carboxylic acids is 2. The van der Waals surface area contributed by atoms with Gasteiger partial charge in [-0.3, -0.25) is 14.5 Å². The number of halogens is 2. The predicted molar refractivity (Wildman–Crippen MR) is 111 cm³/mol. The van der Waals surface area contributed by atoms with Crippen molar-refractivity contribution in [3.8, 4) is 0 Å². The van der Waals surface area contributed by atoms with Crippen molar-refractivity contribution in [1.29, 1.82) is 0 Å². The number of hydrogen-bond donors (Lipinski definition) is 1. The molecule has 0 aliphatic carbocycles. The quantitative estimate of drug-likeness (QED) is 0.781. The molecule has 2 saturated heterocycles. The highest BCUT2D eigenvalue weighted by Gasteiger charge is 2.27. The first-order valence-electron chi connectivity index (χ1n) is 9.22. The minimum Gasteiger partial charge on any atom is -0.342 e. The van der Waals surface area contributed by atoms with Gasteiger partial charge >= 0.3 is 0 Å². The van der Waals surface area contributed by atoms with E-state index in [-0.39, 0.29) is 36.6 Å². The zero-order valence-electron chi connectivity index (χ0n) is 15.6. The topological polar surface area (TPSA) is 69.9 Å². The van der Waals surface area contributed by atoms with Gasteiger partial charge in [-0.2, -0.15) is 0 Å². The van der Waals surface area contributed by atoms with E-state index in [2.05, 4.69) is 4.90 Å². The third kappa shape index (κ3) is 6.64. The first-order chi connectivity index (χ1) is 12.1. The molecule has 2 aliphatic rings. The summed E-state index contributed by atoms with van der Waals surface area (Å²) in [6.45, 7) is 5.03. The maximum Gasteiger partial charge on any atom is 0.239 e. The Labute approximate surface area is 173 Å². The Bertz CT molecular complexity index is 589. The van der Waals surface area contributed by atoms with Gasteiger partial charge in [0.1, 0.15) is 0 Å². The second-order valence-corrected chi connectivity index (χ2v) is 6.99. The van der Waals surface area contributed by atoms with Crippen LogP contribution in [0, 0.1) is 0 Å².